The van der Waals surface area contributed by atoms with E-state index in [1.165, 1.54) is 5.56 Å². The molecular weight excluding hydrogens is 252 g/mol. The van der Waals surface area contributed by atoms with Gasteiger partial charge in [-0.05, 0) is 38.0 Å². The zero-order chi connectivity index (χ0) is 14.5. The molecule has 2 atom stereocenters. The fourth-order valence-corrected chi connectivity index (χ4v) is 2.79. The molecule has 0 saturated carbocycles. The lowest BCUT2D eigenvalue weighted by Gasteiger charge is -2.27. The summed E-state index contributed by atoms with van der Waals surface area (Å²) in [5.41, 5.74) is 7.22. The lowest BCUT2D eigenvalue weighted by molar-refractivity contribution is 0.101. The van der Waals surface area contributed by atoms with Gasteiger partial charge in [0, 0.05) is 32.8 Å². The lowest BCUT2D eigenvalue weighted by Crippen LogP contribution is -2.33. The van der Waals surface area contributed by atoms with Crippen LogP contribution in [0.4, 0.5) is 0 Å². The molecule has 0 aliphatic carbocycles. The zero-order valence-electron chi connectivity index (χ0n) is 12.7. The summed E-state index contributed by atoms with van der Waals surface area (Å²) in [4.78, 5) is 2.41. The minimum atomic E-state index is 0.186. The van der Waals surface area contributed by atoms with Gasteiger partial charge >= 0.3 is 0 Å². The van der Waals surface area contributed by atoms with Crippen molar-refractivity contribution in [1.29, 1.82) is 0 Å². The maximum atomic E-state index is 6.00. The number of methoxy groups -OCH3 is 1. The van der Waals surface area contributed by atoms with Gasteiger partial charge in [-0.2, -0.15) is 0 Å². The van der Waals surface area contributed by atoms with Gasteiger partial charge in [-0.1, -0.05) is 12.1 Å². The minimum Gasteiger partial charge on any atom is -0.491 e. The topological polar surface area (TPSA) is 47.7 Å². The van der Waals surface area contributed by atoms with Crippen LogP contribution < -0.4 is 10.5 Å². The number of nitrogens with zero attached hydrogens (tertiary/aromatic N) is 1. The van der Waals surface area contributed by atoms with Gasteiger partial charge in [0.25, 0.3) is 0 Å². The third-order valence-electron chi connectivity index (χ3n) is 3.79. The zero-order valence-corrected chi connectivity index (χ0v) is 12.7. The Bertz CT molecular complexity index is 423. The average molecular weight is 278 g/mol. The molecule has 1 saturated heterocycles. The number of rotatable bonds is 6. The van der Waals surface area contributed by atoms with Gasteiger partial charge in [0.05, 0.1) is 12.2 Å². The molecule has 1 aromatic rings. The van der Waals surface area contributed by atoms with Crippen LogP contribution in [0.5, 0.6) is 5.75 Å². The summed E-state index contributed by atoms with van der Waals surface area (Å²) < 4.78 is 11.2. The molecular formula is C16H26N2O2. The summed E-state index contributed by atoms with van der Waals surface area (Å²) in [6, 6.07) is 8.52. The number of hydrogen-bond donors (Lipinski definition) is 1. The Labute approximate surface area is 121 Å². The standard InChI is InChI=1S/C16H26N2O2/c1-12(2)20-14-6-4-5-13(9-14)16(10-17)18-8-7-15(11-18)19-3/h4-6,9,12,15-16H,7-8,10-11,17H2,1-3H3. The minimum absolute atomic E-state index is 0.186. The predicted molar refractivity (Wildman–Crippen MR) is 81.0 cm³/mol. The molecule has 0 spiro atoms. The first-order chi connectivity index (χ1) is 9.63. The molecule has 0 aromatic heterocycles. The highest BCUT2D eigenvalue weighted by molar-refractivity contribution is 5.31. The number of benzene rings is 1. The van der Waals surface area contributed by atoms with Gasteiger partial charge in [0.1, 0.15) is 5.75 Å². The summed E-state index contributed by atoms with van der Waals surface area (Å²) in [6.07, 6.45) is 1.60. The van der Waals surface area contributed by atoms with Crippen LogP contribution in [0.1, 0.15) is 31.9 Å². The van der Waals surface area contributed by atoms with Gasteiger partial charge in [0.15, 0.2) is 0 Å². The molecule has 1 heterocycles. The van der Waals surface area contributed by atoms with Crippen molar-refractivity contribution in [2.24, 2.45) is 5.73 Å². The van der Waals surface area contributed by atoms with Gasteiger partial charge in [0.2, 0.25) is 0 Å². The summed E-state index contributed by atoms with van der Waals surface area (Å²) in [5, 5.41) is 0. The van der Waals surface area contributed by atoms with E-state index in [1.807, 2.05) is 26.0 Å². The highest BCUT2D eigenvalue weighted by atomic mass is 16.5. The molecule has 0 bridgehead atoms. The Morgan fingerprint density at radius 1 is 1.40 bits per heavy atom. The smallest absolute Gasteiger partial charge is 0.120 e. The van der Waals surface area contributed by atoms with Gasteiger partial charge in [-0.15, -0.1) is 0 Å². The summed E-state index contributed by atoms with van der Waals surface area (Å²) in [7, 11) is 1.78. The van der Waals surface area contributed by atoms with E-state index in [0.29, 0.717) is 12.6 Å². The number of hydrogen-bond acceptors (Lipinski definition) is 4. The van der Waals surface area contributed by atoms with Gasteiger partial charge in [-0.25, -0.2) is 0 Å². The lowest BCUT2D eigenvalue weighted by atomic mass is 10.1. The van der Waals surface area contributed by atoms with Crippen LogP contribution in [0.2, 0.25) is 0 Å². The van der Waals surface area contributed by atoms with Crippen molar-refractivity contribution in [1.82, 2.24) is 4.90 Å². The van der Waals surface area contributed by atoms with E-state index in [4.69, 9.17) is 15.2 Å². The first-order valence-electron chi connectivity index (χ1n) is 7.37. The average Bonchev–Trinajstić information content (AvgIpc) is 2.88. The maximum absolute atomic E-state index is 6.00. The van der Waals surface area contributed by atoms with E-state index in [-0.39, 0.29) is 12.1 Å². The Morgan fingerprint density at radius 2 is 2.20 bits per heavy atom. The second kappa shape index (κ2) is 7.07. The third-order valence-corrected chi connectivity index (χ3v) is 3.79. The van der Waals surface area contributed by atoms with Crippen molar-refractivity contribution in [3.8, 4) is 5.75 Å². The summed E-state index contributed by atoms with van der Waals surface area (Å²) in [6.45, 7) is 6.68. The molecule has 20 heavy (non-hydrogen) atoms. The second-order valence-corrected chi connectivity index (χ2v) is 5.63. The molecule has 2 N–H and O–H groups in total. The molecule has 0 radical (unpaired) electrons. The Balaban J connectivity index is 2.11. The van der Waals surface area contributed by atoms with Crippen molar-refractivity contribution in [3.63, 3.8) is 0 Å². The predicted octanol–water partition coefficient (Wildman–Crippen LogP) is 2.19. The van der Waals surface area contributed by atoms with Crippen molar-refractivity contribution in [3.05, 3.63) is 29.8 Å². The number of ether oxygens (including phenoxy) is 2. The van der Waals surface area contributed by atoms with E-state index in [9.17, 15) is 0 Å². The molecule has 1 aliphatic heterocycles. The van der Waals surface area contributed by atoms with Crippen LogP contribution in [-0.4, -0.2) is 43.9 Å². The SMILES string of the molecule is COC1CCN(C(CN)c2cccc(OC(C)C)c2)C1. The second-order valence-electron chi connectivity index (χ2n) is 5.63. The fraction of sp³-hybridized carbons (Fsp3) is 0.625. The van der Waals surface area contributed by atoms with Crippen molar-refractivity contribution in [2.45, 2.75) is 38.5 Å². The van der Waals surface area contributed by atoms with Crippen LogP contribution in [0.25, 0.3) is 0 Å². The van der Waals surface area contributed by atoms with E-state index in [1.54, 1.807) is 7.11 Å². The van der Waals surface area contributed by atoms with Gasteiger partial charge < -0.3 is 15.2 Å². The van der Waals surface area contributed by atoms with Crippen LogP contribution in [0.15, 0.2) is 24.3 Å². The number of nitrogens with two attached hydrogens (primary N) is 1. The molecule has 1 aliphatic rings. The molecule has 1 aromatic carbocycles. The molecule has 4 nitrogen and oxygen atoms in total. The van der Waals surface area contributed by atoms with Crippen LogP contribution in [0.3, 0.4) is 0 Å². The first kappa shape index (κ1) is 15.3. The Morgan fingerprint density at radius 3 is 2.80 bits per heavy atom. The highest BCUT2D eigenvalue weighted by Gasteiger charge is 2.28. The largest absolute Gasteiger partial charge is 0.491 e. The van der Waals surface area contributed by atoms with Crippen molar-refractivity contribution < 1.29 is 9.47 Å². The van der Waals surface area contributed by atoms with E-state index >= 15 is 0 Å². The van der Waals surface area contributed by atoms with Crippen LogP contribution in [0, 0.1) is 0 Å². The van der Waals surface area contributed by atoms with Crippen LogP contribution in [-0.2, 0) is 4.74 Å². The normalized spacial score (nSPS) is 21.4. The van der Waals surface area contributed by atoms with Crippen molar-refractivity contribution in [2.75, 3.05) is 26.7 Å². The molecule has 0 amide bonds. The Kier molecular flexibility index (Phi) is 5.40. The monoisotopic (exact) mass is 278 g/mol. The summed E-state index contributed by atoms with van der Waals surface area (Å²) >= 11 is 0. The first-order valence-corrected chi connectivity index (χ1v) is 7.37. The van der Waals surface area contributed by atoms with E-state index in [2.05, 4.69) is 17.0 Å². The molecule has 1 fully saturated rings. The van der Waals surface area contributed by atoms with Crippen LogP contribution >= 0.6 is 0 Å². The Hall–Kier alpha value is -1.10. The summed E-state index contributed by atoms with van der Waals surface area (Å²) in [5.74, 6) is 0.915. The molecule has 112 valence electrons. The fourth-order valence-electron chi connectivity index (χ4n) is 2.79. The third kappa shape index (κ3) is 3.72. The maximum Gasteiger partial charge on any atom is 0.120 e. The van der Waals surface area contributed by atoms with E-state index < -0.39 is 0 Å². The van der Waals surface area contributed by atoms with E-state index in [0.717, 1.165) is 25.3 Å². The highest BCUT2D eigenvalue weighted by Crippen LogP contribution is 2.27. The van der Waals surface area contributed by atoms with Gasteiger partial charge in [-0.3, -0.25) is 4.90 Å². The molecule has 4 heteroatoms. The number of likely N-dealkylation sites (tertiary alicyclic amines) is 1. The van der Waals surface area contributed by atoms with Crippen molar-refractivity contribution >= 4 is 0 Å². The quantitative estimate of drug-likeness (QED) is 0.866. The molecule has 2 rings (SSSR count). The molecule has 2 unspecified atom stereocenters.